The first-order valence-corrected chi connectivity index (χ1v) is 15.0. The lowest BCUT2D eigenvalue weighted by Crippen LogP contribution is -2.30. The molecule has 9 nitrogen and oxygen atoms in total. The molecule has 1 atom stereocenters. The first kappa shape index (κ1) is 31.6. The summed E-state index contributed by atoms with van der Waals surface area (Å²) in [6.45, 7) is 1.79. The molecule has 4 N–H and O–H groups in total. The minimum absolute atomic E-state index is 0.00896. The third-order valence-corrected chi connectivity index (χ3v) is 8.07. The fourth-order valence-electron chi connectivity index (χ4n) is 4.40. The van der Waals surface area contributed by atoms with Gasteiger partial charge in [-0.3, -0.25) is 14.4 Å². The van der Waals surface area contributed by atoms with Crippen molar-refractivity contribution >= 4 is 52.9 Å². The lowest BCUT2D eigenvalue weighted by atomic mass is 10.1. The number of carboxylic acids is 1. The van der Waals surface area contributed by atoms with Crippen LogP contribution in [0.25, 0.3) is 6.08 Å². The Bertz CT molecular complexity index is 1870. The van der Waals surface area contributed by atoms with Gasteiger partial charge >= 0.3 is 5.97 Å². The van der Waals surface area contributed by atoms with Gasteiger partial charge in [-0.2, -0.15) is 0 Å². The molecule has 230 valence electrons. The lowest BCUT2D eigenvalue weighted by Gasteiger charge is -2.18. The average Bonchev–Trinajstić information content (AvgIpc) is 3.59. The van der Waals surface area contributed by atoms with E-state index in [1.54, 1.807) is 79.7 Å². The molecule has 0 bridgehead atoms. The highest BCUT2D eigenvalue weighted by molar-refractivity contribution is 8.00. The van der Waals surface area contributed by atoms with Crippen molar-refractivity contribution in [3.8, 4) is 0 Å². The Morgan fingerprint density at radius 1 is 0.783 bits per heavy atom. The number of anilines is 2. The molecule has 1 unspecified atom stereocenters. The molecular formula is C36H29N3O6S. The normalized spacial score (nSPS) is 11.7. The summed E-state index contributed by atoms with van der Waals surface area (Å²) in [4.78, 5) is 51.9. The van der Waals surface area contributed by atoms with E-state index in [2.05, 4.69) is 16.0 Å². The van der Waals surface area contributed by atoms with E-state index in [-0.39, 0.29) is 17.2 Å². The minimum atomic E-state index is -1.08. The van der Waals surface area contributed by atoms with Gasteiger partial charge in [0, 0.05) is 27.9 Å². The summed E-state index contributed by atoms with van der Waals surface area (Å²) in [5.41, 5.74) is 2.84. The van der Waals surface area contributed by atoms with E-state index >= 15 is 0 Å². The molecule has 0 aliphatic rings. The van der Waals surface area contributed by atoms with E-state index in [0.717, 1.165) is 16.0 Å². The Balaban J connectivity index is 1.32. The van der Waals surface area contributed by atoms with Crippen LogP contribution in [0, 0.1) is 6.92 Å². The zero-order valence-corrected chi connectivity index (χ0v) is 25.4. The highest BCUT2D eigenvalue weighted by Gasteiger charge is 2.23. The predicted octanol–water partition coefficient (Wildman–Crippen LogP) is 7.17. The van der Waals surface area contributed by atoms with E-state index in [4.69, 9.17) is 4.42 Å². The number of rotatable bonds is 11. The summed E-state index contributed by atoms with van der Waals surface area (Å²) >= 11 is 1.31. The highest BCUT2D eigenvalue weighted by atomic mass is 32.2. The number of benzene rings is 4. The van der Waals surface area contributed by atoms with E-state index in [1.807, 2.05) is 30.3 Å². The van der Waals surface area contributed by atoms with Crippen molar-refractivity contribution in [2.75, 3.05) is 10.6 Å². The van der Waals surface area contributed by atoms with Crippen LogP contribution in [0.1, 0.15) is 42.9 Å². The lowest BCUT2D eigenvalue weighted by molar-refractivity contribution is -0.116. The number of furan rings is 1. The number of carboxylic acid groups (broad SMARTS) is 1. The molecule has 0 saturated heterocycles. The summed E-state index contributed by atoms with van der Waals surface area (Å²) in [7, 11) is 0. The molecule has 4 aromatic carbocycles. The van der Waals surface area contributed by atoms with Crippen LogP contribution in [0.15, 0.2) is 137 Å². The van der Waals surface area contributed by atoms with Gasteiger partial charge in [0.2, 0.25) is 5.91 Å². The molecule has 0 radical (unpaired) electrons. The van der Waals surface area contributed by atoms with Gasteiger partial charge in [-0.15, -0.1) is 11.8 Å². The zero-order valence-electron chi connectivity index (χ0n) is 24.6. The smallest absolute Gasteiger partial charge is 0.335 e. The molecule has 5 aromatic rings. The van der Waals surface area contributed by atoms with Gasteiger partial charge in [0.1, 0.15) is 16.7 Å². The third-order valence-electron chi connectivity index (χ3n) is 6.81. The van der Waals surface area contributed by atoms with Gasteiger partial charge in [0.15, 0.2) is 0 Å². The molecule has 10 heteroatoms. The van der Waals surface area contributed by atoms with Crippen LogP contribution >= 0.6 is 11.8 Å². The number of hydrogen-bond donors (Lipinski definition) is 4. The third kappa shape index (κ3) is 8.19. The molecular weight excluding hydrogens is 602 g/mol. The zero-order chi connectivity index (χ0) is 32.5. The maximum atomic E-state index is 13.6. The molecule has 0 aliphatic carbocycles. The number of hydrogen-bond acceptors (Lipinski definition) is 6. The molecule has 0 fully saturated rings. The van der Waals surface area contributed by atoms with Crippen molar-refractivity contribution in [2.45, 2.75) is 17.1 Å². The van der Waals surface area contributed by atoms with Crippen LogP contribution in [-0.4, -0.2) is 28.8 Å². The fourth-order valence-corrected chi connectivity index (χ4v) is 5.42. The number of carbonyl (C=O) groups excluding carboxylic acids is 3. The van der Waals surface area contributed by atoms with Gasteiger partial charge in [-0.05, 0) is 78.7 Å². The largest absolute Gasteiger partial charge is 0.478 e. The van der Waals surface area contributed by atoms with Crippen molar-refractivity contribution < 1.29 is 28.7 Å². The maximum Gasteiger partial charge on any atom is 0.335 e. The molecule has 5 rings (SSSR count). The summed E-state index contributed by atoms with van der Waals surface area (Å²) in [6, 6.07) is 32.7. The molecule has 46 heavy (non-hydrogen) atoms. The van der Waals surface area contributed by atoms with Gasteiger partial charge in [-0.25, -0.2) is 4.79 Å². The van der Waals surface area contributed by atoms with Crippen LogP contribution in [0.4, 0.5) is 11.4 Å². The minimum Gasteiger partial charge on any atom is -0.478 e. The Hall–Kier alpha value is -5.87. The standard InChI is InChI=1S/C36H29N3O6S/c1-23-14-15-26(36(43)44)21-30(23)38-35(42)32(24-9-4-2-5-10-24)46-29-18-16-27(17-19-29)37-34(41)31(22-28-13-8-20-45-28)39-33(40)25-11-6-3-7-12-25/h2-22,32H,1H3,(H,37,41)(H,38,42)(H,39,40)(H,43,44)/b31-22-. The van der Waals surface area contributed by atoms with Gasteiger partial charge < -0.3 is 25.5 Å². The Morgan fingerprint density at radius 3 is 2.13 bits per heavy atom. The first-order valence-electron chi connectivity index (χ1n) is 14.2. The second kappa shape index (κ2) is 14.7. The molecule has 1 heterocycles. The SMILES string of the molecule is Cc1ccc(C(=O)O)cc1NC(=O)C(Sc1ccc(NC(=O)/C(=C/c2ccco2)NC(=O)c2ccccc2)cc1)c1ccccc1. The Morgan fingerprint density at radius 2 is 1.48 bits per heavy atom. The van der Waals surface area contributed by atoms with Crippen molar-refractivity contribution in [1.82, 2.24) is 5.32 Å². The van der Waals surface area contributed by atoms with E-state index in [9.17, 15) is 24.3 Å². The van der Waals surface area contributed by atoms with Crippen molar-refractivity contribution in [3.63, 3.8) is 0 Å². The number of nitrogens with one attached hydrogen (secondary N) is 3. The van der Waals surface area contributed by atoms with E-state index in [0.29, 0.717) is 22.7 Å². The van der Waals surface area contributed by atoms with Gasteiger partial charge in [0.25, 0.3) is 11.8 Å². The quantitative estimate of drug-likeness (QED) is 0.0896. The number of aromatic carboxylic acids is 1. The monoisotopic (exact) mass is 631 g/mol. The molecule has 0 saturated carbocycles. The molecule has 0 aliphatic heterocycles. The molecule has 0 spiro atoms. The van der Waals surface area contributed by atoms with Crippen LogP contribution in [-0.2, 0) is 9.59 Å². The molecule has 3 amide bonds. The Kier molecular flexibility index (Phi) is 10.1. The summed E-state index contributed by atoms with van der Waals surface area (Å²) in [5.74, 6) is -2.02. The second-order valence-electron chi connectivity index (χ2n) is 10.1. The average molecular weight is 632 g/mol. The van der Waals surface area contributed by atoms with Gasteiger partial charge in [0.05, 0.1) is 11.8 Å². The van der Waals surface area contributed by atoms with Crippen LogP contribution < -0.4 is 16.0 Å². The number of amides is 3. The van der Waals surface area contributed by atoms with Crippen molar-refractivity contribution in [2.24, 2.45) is 0 Å². The van der Waals surface area contributed by atoms with Crippen LogP contribution in [0.3, 0.4) is 0 Å². The number of aryl methyl sites for hydroxylation is 1. The maximum absolute atomic E-state index is 13.6. The fraction of sp³-hybridized carbons (Fsp3) is 0.0556. The van der Waals surface area contributed by atoms with Crippen LogP contribution in [0.5, 0.6) is 0 Å². The summed E-state index contributed by atoms with van der Waals surface area (Å²) < 4.78 is 5.35. The second-order valence-corrected chi connectivity index (χ2v) is 11.3. The highest BCUT2D eigenvalue weighted by Crippen LogP contribution is 2.37. The Labute approximate surface area is 269 Å². The van der Waals surface area contributed by atoms with Crippen LogP contribution in [0.2, 0.25) is 0 Å². The molecule has 1 aromatic heterocycles. The number of carbonyl (C=O) groups is 4. The predicted molar refractivity (Wildman–Crippen MR) is 177 cm³/mol. The first-order chi connectivity index (χ1) is 22.3. The van der Waals surface area contributed by atoms with E-state index in [1.165, 1.54) is 36.2 Å². The summed E-state index contributed by atoms with van der Waals surface area (Å²) in [6.07, 6.45) is 2.91. The van der Waals surface area contributed by atoms with Crippen molar-refractivity contribution in [1.29, 1.82) is 0 Å². The topological polar surface area (TPSA) is 138 Å². The summed E-state index contributed by atoms with van der Waals surface area (Å²) in [5, 5.41) is 17.1. The number of thioether (sulfide) groups is 1. The van der Waals surface area contributed by atoms with Crippen molar-refractivity contribution in [3.05, 3.63) is 155 Å². The van der Waals surface area contributed by atoms with E-state index < -0.39 is 23.0 Å². The van der Waals surface area contributed by atoms with Gasteiger partial charge in [-0.1, -0.05) is 54.6 Å².